The third-order valence-electron chi connectivity index (χ3n) is 2.48. The molecular formula is C14H10BrFO3. The van der Waals surface area contributed by atoms with Gasteiger partial charge >= 0.3 is 5.97 Å². The van der Waals surface area contributed by atoms with Crippen LogP contribution in [0.4, 0.5) is 4.39 Å². The maximum absolute atomic E-state index is 12.7. The summed E-state index contributed by atoms with van der Waals surface area (Å²) in [7, 11) is 0. The standard InChI is InChI=1S/C14H10BrFO3/c15-10-3-6-12(14(17)18)13(7-10)19-8-9-1-4-11(16)5-2-9/h1-7H,8H2,(H,17,18). The monoisotopic (exact) mass is 324 g/mol. The predicted octanol–water partition coefficient (Wildman–Crippen LogP) is 3.87. The number of hydrogen-bond acceptors (Lipinski definition) is 2. The molecule has 0 atom stereocenters. The fourth-order valence-corrected chi connectivity index (χ4v) is 1.87. The number of ether oxygens (including phenoxy) is 1. The van der Waals surface area contributed by atoms with Crippen molar-refractivity contribution in [2.45, 2.75) is 6.61 Å². The predicted molar refractivity (Wildman–Crippen MR) is 71.8 cm³/mol. The number of carboxylic acids is 1. The number of hydrogen-bond donors (Lipinski definition) is 1. The number of halogens is 2. The van der Waals surface area contributed by atoms with Crippen molar-refractivity contribution in [3.63, 3.8) is 0 Å². The first-order valence-corrected chi connectivity index (χ1v) is 6.25. The largest absolute Gasteiger partial charge is 0.488 e. The van der Waals surface area contributed by atoms with Crippen LogP contribution in [0, 0.1) is 5.82 Å². The molecule has 0 saturated carbocycles. The highest BCUT2D eigenvalue weighted by atomic mass is 79.9. The second-order valence-corrected chi connectivity index (χ2v) is 4.78. The molecule has 19 heavy (non-hydrogen) atoms. The van der Waals surface area contributed by atoms with Gasteiger partial charge in [-0.2, -0.15) is 0 Å². The van der Waals surface area contributed by atoms with Gasteiger partial charge in [0.1, 0.15) is 23.7 Å². The van der Waals surface area contributed by atoms with Crippen LogP contribution < -0.4 is 4.74 Å². The van der Waals surface area contributed by atoms with Crippen LogP contribution in [0.25, 0.3) is 0 Å². The average Bonchev–Trinajstić information content (AvgIpc) is 2.38. The molecule has 0 bridgehead atoms. The summed E-state index contributed by atoms with van der Waals surface area (Å²) in [6.45, 7) is 0.178. The van der Waals surface area contributed by atoms with Gasteiger partial charge in [0.15, 0.2) is 0 Å². The van der Waals surface area contributed by atoms with Gasteiger partial charge in [0, 0.05) is 4.47 Å². The van der Waals surface area contributed by atoms with Gasteiger partial charge in [0.25, 0.3) is 0 Å². The minimum absolute atomic E-state index is 0.0883. The molecule has 0 heterocycles. The summed E-state index contributed by atoms with van der Waals surface area (Å²) in [6.07, 6.45) is 0. The molecule has 1 N–H and O–H groups in total. The van der Waals surface area contributed by atoms with Crippen molar-refractivity contribution in [3.8, 4) is 5.75 Å². The lowest BCUT2D eigenvalue weighted by molar-refractivity contribution is 0.0691. The molecular weight excluding hydrogens is 315 g/mol. The van der Waals surface area contributed by atoms with Crippen LogP contribution in [0.1, 0.15) is 15.9 Å². The number of benzene rings is 2. The molecule has 0 aliphatic rings. The van der Waals surface area contributed by atoms with Crippen molar-refractivity contribution in [3.05, 3.63) is 63.9 Å². The van der Waals surface area contributed by atoms with E-state index >= 15 is 0 Å². The number of carbonyl (C=O) groups is 1. The van der Waals surface area contributed by atoms with E-state index in [4.69, 9.17) is 9.84 Å². The van der Waals surface area contributed by atoms with Crippen LogP contribution in [0.5, 0.6) is 5.75 Å². The minimum atomic E-state index is -1.05. The van der Waals surface area contributed by atoms with Crippen molar-refractivity contribution in [2.75, 3.05) is 0 Å². The van der Waals surface area contributed by atoms with E-state index in [0.717, 1.165) is 10.0 Å². The molecule has 0 spiro atoms. The molecule has 0 radical (unpaired) electrons. The third kappa shape index (κ3) is 3.54. The Morgan fingerprint density at radius 2 is 1.89 bits per heavy atom. The quantitative estimate of drug-likeness (QED) is 0.928. The highest BCUT2D eigenvalue weighted by Gasteiger charge is 2.11. The van der Waals surface area contributed by atoms with Crippen molar-refractivity contribution < 1.29 is 19.0 Å². The Morgan fingerprint density at radius 3 is 2.53 bits per heavy atom. The Labute approximate surface area is 117 Å². The summed E-state index contributed by atoms with van der Waals surface area (Å²) in [6, 6.07) is 10.5. The number of rotatable bonds is 4. The summed E-state index contributed by atoms with van der Waals surface area (Å²) in [5.74, 6) is -1.11. The Kier molecular flexibility index (Phi) is 4.16. The molecule has 0 amide bonds. The highest BCUT2D eigenvalue weighted by Crippen LogP contribution is 2.24. The van der Waals surface area contributed by atoms with Crippen molar-refractivity contribution in [2.24, 2.45) is 0 Å². The zero-order chi connectivity index (χ0) is 13.8. The molecule has 3 nitrogen and oxygen atoms in total. The van der Waals surface area contributed by atoms with Gasteiger partial charge < -0.3 is 9.84 Å². The molecule has 0 aliphatic heterocycles. The van der Waals surface area contributed by atoms with Gasteiger partial charge in [0.2, 0.25) is 0 Å². The lowest BCUT2D eigenvalue weighted by atomic mass is 10.2. The average molecular weight is 325 g/mol. The van der Waals surface area contributed by atoms with E-state index in [1.165, 1.54) is 18.2 Å². The lowest BCUT2D eigenvalue weighted by Gasteiger charge is -2.09. The Hall–Kier alpha value is -1.88. The van der Waals surface area contributed by atoms with E-state index in [2.05, 4.69) is 15.9 Å². The topological polar surface area (TPSA) is 46.5 Å². The molecule has 2 aromatic rings. The van der Waals surface area contributed by atoms with E-state index in [1.54, 1.807) is 24.3 Å². The van der Waals surface area contributed by atoms with Gasteiger partial charge in [-0.15, -0.1) is 0 Å². The fraction of sp³-hybridized carbons (Fsp3) is 0.0714. The number of aromatic carboxylic acids is 1. The van der Waals surface area contributed by atoms with Gasteiger partial charge in [-0.25, -0.2) is 9.18 Å². The lowest BCUT2D eigenvalue weighted by Crippen LogP contribution is -2.03. The normalized spacial score (nSPS) is 10.2. The summed E-state index contributed by atoms with van der Waals surface area (Å²) >= 11 is 3.26. The van der Waals surface area contributed by atoms with Crippen LogP contribution in [-0.4, -0.2) is 11.1 Å². The molecule has 0 aliphatic carbocycles. The smallest absolute Gasteiger partial charge is 0.339 e. The molecule has 98 valence electrons. The zero-order valence-corrected chi connectivity index (χ0v) is 11.4. The summed E-state index contributed by atoms with van der Waals surface area (Å²) in [5, 5.41) is 9.05. The van der Waals surface area contributed by atoms with Crippen LogP contribution in [-0.2, 0) is 6.61 Å². The second-order valence-electron chi connectivity index (χ2n) is 3.86. The minimum Gasteiger partial charge on any atom is -0.488 e. The Balaban J connectivity index is 2.16. The summed E-state index contributed by atoms with van der Waals surface area (Å²) in [4.78, 5) is 11.0. The van der Waals surface area contributed by atoms with Crippen LogP contribution in [0.2, 0.25) is 0 Å². The van der Waals surface area contributed by atoms with Gasteiger partial charge in [-0.3, -0.25) is 0 Å². The van der Waals surface area contributed by atoms with E-state index in [-0.39, 0.29) is 23.7 Å². The molecule has 0 unspecified atom stereocenters. The third-order valence-corrected chi connectivity index (χ3v) is 2.97. The molecule has 0 fully saturated rings. The van der Waals surface area contributed by atoms with Crippen molar-refractivity contribution in [1.82, 2.24) is 0 Å². The molecule has 2 rings (SSSR count). The van der Waals surface area contributed by atoms with E-state index in [9.17, 15) is 9.18 Å². The van der Waals surface area contributed by atoms with Gasteiger partial charge in [0.05, 0.1) is 0 Å². The maximum atomic E-state index is 12.7. The van der Waals surface area contributed by atoms with E-state index in [1.807, 2.05) is 0 Å². The van der Waals surface area contributed by atoms with Gasteiger partial charge in [-0.1, -0.05) is 28.1 Å². The highest BCUT2D eigenvalue weighted by molar-refractivity contribution is 9.10. The first kappa shape index (κ1) is 13.5. The SMILES string of the molecule is O=C(O)c1ccc(Br)cc1OCc1ccc(F)cc1. The van der Waals surface area contributed by atoms with E-state index < -0.39 is 5.97 Å². The fourth-order valence-electron chi connectivity index (χ4n) is 1.53. The first-order valence-electron chi connectivity index (χ1n) is 5.46. The Morgan fingerprint density at radius 1 is 1.21 bits per heavy atom. The molecule has 5 heteroatoms. The van der Waals surface area contributed by atoms with Crippen molar-refractivity contribution >= 4 is 21.9 Å². The van der Waals surface area contributed by atoms with Crippen LogP contribution in [0.3, 0.4) is 0 Å². The second kappa shape index (κ2) is 5.84. The van der Waals surface area contributed by atoms with Crippen LogP contribution >= 0.6 is 15.9 Å². The van der Waals surface area contributed by atoms with Gasteiger partial charge in [-0.05, 0) is 35.9 Å². The Bertz CT molecular complexity index is 596. The van der Waals surface area contributed by atoms with Crippen LogP contribution in [0.15, 0.2) is 46.9 Å². The number of carboxylic acid groups (broad SMARTS) is 1. The maximum Gasteiger partial charge on any atom is 0.339 e. The van der Waals surface area contributed by atoms with Crippen molar-refractivity contribution in [1.29, 1.82) is 0 Å². The first-order chi connectivity index (χ1) is 9.06. The van der Waals surface area contributed by atoms with E-state index in [0.29, 0.717) is 0 Å². The molecule has 0 aromatic heterocycles. The zero-order valence-electron chi connectivity index (χ0n) is 9.77. The summed E-state index contributed by atoms with van der Waals surface area (Å²) < 4.78 is 18.9. The molecule has 0 saturated heterocycles. The molecule has 2 aromatic carbocycles. The summed E-state index contributed by atoms with van der Waals surface area (Å²) in [5.41, 5.74) is 0.850.